The summed E-state index contributed by atoms with van der Waals surface area (Å²) in [5, 5.41) is 3.02. The van der Waals surface area contributed by atoms with Crippen LogP contribution in [-0.2, 0) is 4.74 Å². The van der Waals surface area contributed by atoms with Crippen molar-refractivity contribution in [2.75, 3.05) is 32.2 Å². The fourth-order valence-electron chi connectivity index (χ4n) is 2.37. The molecule has 1 saturated carbocycles. The number of anilines is 1. The number of nitrogens with one attached hydrogen (secondary N) is 1. The van der Waals surface area contributed by atoms with Gasteiger partial charge in [0.25, 0.3) is 5.91 Å². The summed E-state index contributed by atoms with van der Waals surface area (Å²) < 4.78 is 7.17. The van der Waals surface area contributed by atoms with E-state index in [4.69, 9.17) is 4.74 Å². The van der Waals surface area contributed by atoms with Crippen LogP contribution < -0.4 is 10.2 Å². The zero-order chi connectivity index (χ0) is 14.8. The molecule has 2 heterocycles. The average molecular weight is 287 g/mol. The van der Waals surface area contributed by atoms with E-state index in [1.807, 2.05) is 25.4 Å². The number of likely N-dealkylation sites (N-methyl/N-ethyl adjacent to an activating group) is 1. The van der Waals surface area contributed by atoms with Gasteiger partial charge in [0.2, 0.25) is 0 Å². The Morgan fingerprint density at radius 2 is 2.14 bits per heavy atom. The highest BCUT2D eigenvalue weighted by Crippen LogP contribution is 2.21. The van der Waals surface area contributed by atoms with E-state index in [0.29, 0.717) is 18.2 Å². The van der Waals surface area contributed by atoms with Crippen molar-refractivity contribution >= 4 is 17.2 Å². The quantitative estimate of drug-likeness (QED) is 0.883. The molecule has 0 unspecified atom stereocenters. The van der Waals surface area contributed by atoms with Crippen molar-refractivity contribution in [1.29, 1.82) is 0 Å². The molecule has 1 fully saturated rings. The van der Waals surface area contributed by atoms with Gasteiger partial charge in [0.05, 0.1) is 12.2 Å². The van der Waals surface area contributed by atoms with Crippen LogP contribution in [0.25, 0.3) is 5.52 Å². The number of carbonyl (C=O) groups excluding carboxylic acids is 1. The Hall–Kier alpha value is -2.01. The Morgan fingerprint density at radius 3 is 2.86 bits per heavy atom. The van der Waals surface area contributed by atoms with Crippen LogP contribution >= 0.6 is 0 Å². The van der Waals surface area contributed by atoms with Crippen LogP contribution in [0.1, 0.15) is 23.2 Å². The van der Waals surface area contributed by atoms with Crippen LogP contribution in [0.15, 0.2) is 30.5 Å². The molecule has 1 aliphatic rings. The van der Waals surface area contributed by atoms with Crippen molar-refractivity contribution in [3.63, 3.8) is 0 Å². The van der Waals surface area contributed by atoms with Crippen molar-refractivity contribution < 1.29 is 9.53 Å². The molecule has 2 aromatic rings. The van der Waals surface area contributed by atoms with Gasteiger partial charge in [0.1, 0.15) is 5.82 Å². The van der Waals surface area contributed by atoms with E-state index in [1.54, 1.807) is 7.11 Å². The van der Waals surface area contributed by atoms with E-state index in [0.717, 1.165) is 30.7 Å². The second-order valence-electron chi connectivity index (χ2n) is 5.57. The summed E-state index contributed by atoms with van der Waals surface area (Å²) >= 11 is 0. The van der Waals surface area contributed by atoms with Crippen LogP contribution in [0.4, 0.5) is 5.82 Å². The predicted molar refractivity (Wildman–Crippen MR) is 83.0 cm³/mol. The number of ether oxygens (including phenoxy) is 1. The number of fused-ring (bicyclic) bond motifs is 1. The molecule has 5 nitrogen and oxygen atoms in total. The smallest absolute Gasteiger partial charge is 0.252 e. The van der Waals surface area contributed by atoms with Gasteiger partial charge in [0.15, 0.2) is 0 Å². The van der Waals surface area contributed by atoms with Crippen LogP contribution in [0.2, 0.25) is 0 Å². The van der Waals surface area contributed by atoms with E-state index in [-0.39, 0.29) is 5.91 Å². The summed E-state index contributed by atoms with van der Waals surface area (Å²) in [6.45, 7) is 1.48. The first-order valence-electron chi connectivity index (χ1n) is 7.31. The molecule has 1 amide bonds. The third-order valence-electron chi connectivity index (χ3n) is 3.83. The summed E-state index contributed by atoms with van der Waals surface area (Å²) in [6.07, 6.45) is 4.11. The first kappa shape index (κ1) is 13.9. The minimum atomic E-state index is 0.0126. The summed E-state index contributed by atoms with van der Waals surface area (Å²) in [5.74, 6) is 1.07. The first-order chi connectivity index (χ1) is 10.2. The predicted octanol–water partition coefficient (Wildman–Crippen LogP) is 1.91. The Labute approximate surface area is 124 Å². The lowest BCUT2D eigenvalue weighted by molar-refractivity contribution is 0.0950. The number of carbonyl (C=O) groups is 1. The lowest BCUT2D eigenvalue weighted by atomic mass is 10.2. The number of aromatic nitrogens is 1. The largest absolute Gasteiger partial charge is 0.383 e. The van der Waals surface area contributed by atoms with E-state index in [1.165, 1.54) is 0 Å². The molecule has 5 heteroatoms. The van der Waals surface area contributed by atoms with Crippen LogP contribution in [0.3, 0.4) is 0 Å². The maximum atomic E-state index is 12.2. The zero-order valence-electron chi connectivity index (χ0n) is 12.5. The molecule has 112 valence electrons. The third-order valence-corrected chi connectivity index (χ3v) is 3.83. The minimum absolute atomic E-state index is 0.0126. The molecule has 0 saturated heterocycles. The number of hydrogen-bond acceptors (Lipinski definition) is 3. The summed E-state index contributed by atoms with van der Waals surface area (Å²) in [7, 11) is 3.72. The number of hydrogen-bond donors (Lipinski definition) is 1. The average Bonchev–Trinajstić information content (AvgIpc) is 3.20. The molecule has 0 radical (unpaired) electrons. The van der Waals surface area contributed by atoms with Crippen molar-refractivity contribution in [2.45, 2.75) is 18.9 Å². The molecule has 0 bridgehead atoms. The molecular weight excluding hydrogens is 266 g/mol. The van der Waals surface area contributed by atoms with Crippen molar-refractivity contribution in [2.24, 2.45) is 0 Å². The van der Waals surface area contributed by atoms with Gasteiger partial charge in [0, 0.05) is 38.5 Å². The Balaban J connectivity index is 1.86. The fourth-order valence-corrected chi connectivity index (χ4v) is 2.37. The van der Waals surface area contributed by atoms with Crippen molar-refractivity contribution in [3.8, 4) is 0 Å². The Morgan fingerprint density at radius 1 is 1.38 bits per heavy atom. The van der Waals surface area contributed by atoms with Gasteiger partial charge in [-0.3, -0.25) is 4.79 Å². The van der Waals surface area contributed by atoms with Gasteiger partial charge in [-0.25, -0.2) is 0 Å². The summed E-state index contributed by atoms with van der Waals surface area (Å²) in [6, 6.07) is 8.36. The molecule has 1 aliphatic carbocycles. The molecule has 0 aromatic carbocycles. The standard InChI is InChI=1S/C16H21N3O2/c1-18(9-10-21-2)15-8-7-14-6-3-12(11-19(14)15)16(20)17-13-4-5-13/h3,6-8,11,13H,4-5,9-10H2,1-2H3,(H,17,20). The number of pyridine rings is 1. The molecular formula is C16H21N3O2. The van der Waals surface area contributed by atoms with Gasteiger partial charge < -0.3 is 19.4 Å². The third kappa shape index (κ3) is 3.03. The molecule has 21 heavy (non-hydrogen) atoms. The number of rotatable bonds is 6. The molecule has 0 aliphatic heterocycles. The molecule has 1 N–H and O–H groups in total. The summed E-state index contributed by atoms with van der Waals surface area (Å²) in [5.41, 5.74) is 1.78. The van der Waals surface area contributed by atoms with Crippen LogP contribution in [0, 0.1) is 0 Å². The molecule has 3 rings (SSSR count). The van der Waals surface area contributed by atoms with Crippen LogP contribution in [-0.4, -0.2) is 43.7 Å². The van der Waals surface area contributed by atoms with Gasteiger partial charge in [-0.15, -0.1) is 0 Å². The molecule has 0 spiro atoms. The lowest BCUT2D eigenvalue weighted by Crippen LogP contribution is -2.26. The van der Waals surface area contributed by atoms with Gasteiger partial charge in [-0.2, -0.15) is 0 Å². The van der Waals surface area contributed by atoms with Crippen LogP contribution in [0.5, 0.6) is 0 Å². The SMILES string of the molecule is COCCN(C)c1ccc2ccc(C(=O)NC3CC3)cn12. The molecule has 0 atom stereocenters. The second-order valence-corrected chi connectivity index (χ2v) is 5.57. The Bertz CT molecular complexity index is 646. The molecule has 2 aromatic heterocycles. The van der Waals surface area contributed by atoms with Gasteiger partial charge in [-0.05, 0) is 37.1 Å². The highest BCUT2D eigenvalue weighted by Gasteiger charge is 2.24. The highest BCUT2D eigenvalue weighted by molar-refractivity contribution is 5.94. The second kappa shape index (κ2) is 5.77. The lowest BCUT2D eigenvalue weighted by Gasteiger charge is -2.18. The van der Waals surface area contributed by atoms with Crippen molar-refractivity contribution in [1.82, 2.24) is 9.72 Å². The number of nitrogens with zero attached hydrogens (tertiary/aromatic N) is 2. The Kier molecular flexibility index (Phi) is 3.84. The highest BCUT2D eigenvalue weighted by atomic mass is 16.5. The zero-order valence-corrected chi connectivity index (χ0v) is 12.5. The topological polar surface area (TPSA) is 46.0 Å². The maximum absolute atomic E-state index is 12.2. The normalized spacial score (nSPS) is 14.4. The summed E-state index contributed by atoms with van der Waals surface area (Å²) in [4.78, 5) is 14.3. The minimum Gasteiger partial charge on any atom is -0.383 e. The monoisotopic (exact) mass is 287 g/mol. The van der Waals surface area contributed by atoms with Crippen molar-refractivity contribution in [3.05, 3.63) is 36.0 Å². The van der Waals surface area contributed by atoms with Gasteiger partial charge >= 0.3 is 0 Å². The first-order valence-corrected chi connectivity index (χ1v) is 7.31. The number of amides is 1. The van der Waals surface area contributed by atoms with E-state index < -0.39 is 0 Å². The van der Waals surface area contributed by atoms with E-state index in [2.05, 4.69) is 26.8 Å². The van der Waals surface area contributed by atoms with E-state index >= 15 is 0 Å². The van der Waals surface area contributed by atoms with E-state index in [9.17, 15) is 4.79 Å². The van der Waals surface area contributed by atoms with Gasteiger partial charge in [-0.1, -0.05) is 0 Å². The number of methoxy groups -OCH3 is 1. The maximum Gasteiger partial charge on any atom is 0.252 e. The fraction of sp³-hybridized carbons (Fsp3) is 0.438.